The molecule has 2 saturated heterocycles. The third kappa shape index (κ3) is 7.40. The maximum atomic E-state index is 12.4. The molecular formula is C17H29F3N2O3. The quantitative estimate of drug-likeness (QED) is 0.710. The van der Waals surface area contributed by atoms with Crippen molar-refractivity contribution in [1.29, 1.82) is 0 Å². The van der Waals surface area contributed by atoms with Gasteiger partial charge < -0.3 is 9.57 Å². The highest BCUT2D eigenvalue weighted by Crippen LogP contribution is 2.33. The van der Waals surface area contributed by atoms with Crippen LogP contribution in [0.4, 0.5) is 18.0 Å². The van der Waals surface area contributed by atoms with Crippen LogP contribution in [0, 0.1) is 11.8 Å². The molecule has 0 aromatic heterocycles. The van der Waals surface area contributed by atoms with Crippen LogP contribution >= 0.6 is 0 Å². The second-order valence-electron chi connectivity index (χ2n) is 8.05. The number of hydrogen-bond donors (Lipinski definition) is 0. The molecule has 0 saturated carbocycles. The van der Waals surface area contributed by atoms with E-state index in [1.165, 1.54) is 4.90 Å². The maximum absolute atomic E-state index is 12.4. The molecule has 2 fully saturated rings. The molecule has 2 aliphatic heterocycles. The summed E-state index contributed by atoms with van der Waals surface area (Å²) in [4.78, 5) is 18.4. The normalized spacial score (nSPS) is 22.8. The third-order valence-corrected chi connectivity index (χ3v) is 4.79. The highest BCUT2D eigenvalue weighted by atomic mass is 19.4. The third-order valence-electron chi connectivity index (χ3n) is 4.79. The van der Waals surface area contributed by atoms with E-state index in [-0.39, 0.29) is 0 Å². The Balaban J connectivity index is 1.68. The maximum Gasteiger partial charge on any atom is 0.528 e. The van der Waals surface area contributed by atoms with Crippen molar-refractivity contribution in [3.05, 3.63) is 0 Å². The molecule has 146 valence electrons. The lowest BCUT2D eigenvalue weighted by atomic mass is 9.79. The van der Waals surface area contributed by atoms with Crippen molar-refractivity contribution in [2.24, 2.45) is 11.8 Å². The Bertz CT molecular complexity index is 435. The number of carbonyl (C=O) groups excluding carboxylic acids is 1. The molecule has 0 radical (unpaired) electrons. The fourth-order valence-corrected chi connectivity index (χ4v) is 3.65. The van der Waals surface area contributed by atoms with Gasteiger partial charge in [0.05, 0.1) is 6.54 Å². The summed E-state index contributed by atoms with van der Waals surface area (Å²) in [7, 11) is 0. The number of piperidine rings is 2. The van der Waals surface area contributed by atoms with Crippen LogP contribution in [0.25, 0.3) is 0 Å². The van der Waals surface area contributed by atoms with Crippen molar-refractivity contribution < 1.29 is 27.5 Å². The summed E-state index contributed by atoms with van der Waals surface area (Å²) >= 11 is 0. The first kappa shape index (κ1) is 20.3. The Morgan fingerprint density at radius 2 is 1.44 bits per heavy atom. The van der Waals surface area contributed by atoms with Crippen LogP contribution in [0.2, 0.25) is 0 Å². The number of likely N-dealkylation sites (tertiary alicyclic amines) is 1. The minimum Gasteiger partial charge on any atom is -0.427 e. The molecule has 0 aromatic carbocycles. The standard InChI is InChI=1S/C17H29F3N2O3/c1-16(2,3)24-15(23)25-22-10-6-14(7-11-22)13-4-8-21(9-5-13)12-17(18,19)20/h13-14H,4-12H2,1-3H3. The van der Waals surface area contributed by atoms with Gasteiger partial charge in [-0.2, -0.15) is 13.2 Å². The van der Waals surface area contributed by atoms with Crippen molar-refractivity contribution >= 4 is 6.16 Å². The van der Waals surface area contributed by atoms with Gasteiger partial charge in [0.15, 0.2) is 0 Å². The average molecular weight is 366 g/mol. The molecule has 2 rings (SSSR count). The monoisotopic (exact) mass is 366 g/mol. The second-order valence-corrected chi connectivity index (χ2v) is 8.05. The van der Waals surface area contributed by atoms with Gasteiger partial charge in [-0.25, -0.2) is 4.79 Å². The summed E-state index contributed by atoms with van der Waals surface area (Å²) in [5, 5.41) is 1.63. The van der Waals surface area contributed by atoms with Crippen molar-refractivity contribution in [2.75, 3.05) is 32.7 Å². The molecule has 8 heteroatoms. The zero-order chi connectivity index (χ0) is 18.7. The first-order valence-electron chi connectivity index (χ1n) is 8.97. The minimum atomic E-state index is -4.11. The Labute approximate surface area is 147 Å². The lowest BCUT2D eigenvalue weighted by molar-refractivity contribution is -0.161. The Morgan fingerprint density at radius 3 is 1.88 bits per heavy atom. The van der Waals surface area contributed by atoms with Gasteiger partial charge in [0, 0.05) is 13.1 Å². The number of alkyl halides is 3. The number of hydrogen-bond acceptors (Lipinski definition) is 5. The Hall–Kier alpha value is -1.02. The van der Waals surface area contributed by atoms with E-state index in [0.717, 1.165) is 25.7 Å². The molecule has 0 N–H and O–H groups in total. The van der Waals surface area contributed by atoms with E-state index in [2.05, 4.69) is 0 Å². The number of ether oxygens (including phenoxy) is 1. The number of carbonyl (C=O) groups is 1. The molecular weight excluding hydrogens is 337 g/mol. The van der Waals surface area contributed by atoms with Gasteiger partial charge in [-0.15, -0.1) is 5.06 Å². The SMILES string of the molecule is CC(C)(C)OC(=O)ON1CCC(C2CCN(CC(F)(F)F)CC2)CC1. The summed E-state index contributed by atoms with van der Waals surface area (Å²) in [6.45, 7) is 6.86. The zero-order valence-electron chi connectivity index (χ0n) is 15.3. The molecule has 0 atom stereocenters. The van der Waals surface area contributed by atoms with Gasteiger partial charge >= 0.3 is 12.3 Å². The first-order valence-corrected chi connectivity index (χ1v) is 8.97. The summed E-state index contributed by atoms with van der Waals surface area (Å²) < 4.78 is 42.5. The number of halogens is 3. The minimum absolute atomic E-state index is 0.466. The summed E-state index contributed by atoms with van der Waals surface area (Å²) in [5.74, 6) is 0.958. The molecule has 0 bridgehead atoms. The lowest BCUT2D eigenvalue weighted by Gasteiger charge is -2.39. The molecule has 0 aromatic rings. The van der Waals surface area contributed by atoms with Crippen LogP contribution in [0.15, 0.2) is 0 Å². The second kappa shape index (κ2) is 8.12. The summed E-state index contributed by atoms with van der Waals surface area (Å²) in [5.41, 5.74) is -0.584. The molecule has 0 spiro atoms. The molecule has 5 nitrogen and oxygen atoms in total. The van der Waals surface area contributed by atoms with E-state index in [0.29, 0.717) is 38.0 Å². The predicted molar refractivity (Wildman–Crippen MR) is 86.8 cm³/mol. The lowest BCUT2D eigenvalue weighted by Crippen LogP contribution is -2.44. The van der Waals surface area contributed by atoms with Gasteiger partial charge in [0.25, 0.3) is 0 Å². The largest absolute Gasteiger partial charge is 0.528 e. The highest BCUT2D eigenvalue weighted by molar-refractivity contribution is 5.60. The molecule has 2 aliphatic rings. The van der Waals surface area contributed by atoms with Crippen LogP contribution in [0.1, 0.15) is 46.5 Å². The fraction of sp³-hybridized carbons (Fsp3) is 0.941. The highest BCUT2D eigenvalue weighted by Gasteiger charge is 2.35. The number of rotatable bonds is 3. The van der Waals surface area contributed by atoms with Gasteiger partial charge in [-0.05, 0) is 71.4 Å². The van der Waals surface area contributed by atoms with Gasteiger partial charge in [-0.3, -0.25) is 4.90 Å². The van der Waals surface area contributed by atoms with E-state index in [4.69, 9.17) is 9.57 Å². The molecule has 0 aliphatic carbocycles. The topological polar surface area (TPSA) is 42.0 Å². The molecule has 2 heterocycles. The Morgan fingerprint density at radius 1 is 0.960 bits per heavy atom. The smallest absolute Gasteiger partial charge is 0.427 e. The van der Waals surface area contributed by atoms with Crippen molar-refractivity contribution in [1.82, 2.24) is 9.96 Å². The van der Waals surface area contributed by atoms with Crippen LogP contribution in [-0.4, -0.2) is 60.6 Å². The van der Waals surface area contributed by atoms with Crippen LogP contribution in [0.5, 0.6) is 0 Å². The van der Waals surface area contributed by atoms with Crippen LogP contribution < -0.4 is 0 Å². The Kier molecular flexibility index (Phi) is 6.59. The van der Waals surface area contributed by atoms with Crippen LogP contribution in [-0.2, 0) is 9.57 Å². The van der Waals surface area contributed by atoms with Crippen molar-refractivity contribution in [2.45, 2.75) is 58.2 Å². The van der Waals surface area contributed by atoms with E-state index in [1.54, 1.807) is 25.8 Å². The number of hydroxylamine groups is 2. The fourth-order valence-electron chi connectivity index (χ4n) is 3.65. The van der Waals surface area contributed by atoms with E-state index >= 15 is 0 Å². The molecule has 25 heavy (non-hydrogen) atoms. The van der Waals surface area contributed by atoms with Crippen molar-refractivity contribution in [3.63, 3.8) is 0 Å². The van der Waals surface area contributed by atoms with Crippen LogP contribution in [0.3, 0.4) is 0 Å². The van der Waals surface area contributed by atoms with Gasteiger partial charge in [-0.1, -0.05) is 0 Å². The summed E-state index contributed by atoms with van der Waals surface area (Å²) in [6, 6.07) is 0. The summed E-state index contributed by atoms with van der Waals surface area (Å²) in [6.07, 6.45) is -1.38. The molecule has 0 amide bonds. The van der Waals surface area contributed by atoms with E-state index < -0.39 is 24.5 Å². The predicted octanol–water partition coefficient (Wildman–Crippen LogP) is 3.84. The average Bonchev–Trinajstić information content (AvgIpc) is 2.45. The zero-order valence-corrected chi connectivity index (χ0v) is 15.3. The van der Waals surface area contributed by atoms with E-state index in [9.17, 15) is 18.0 Å². The number of nitrogens with zero attached hydrogens (tertiary/aromatic N) is 2. The van der Waals surface area contributed by atoms with Gasteiger partial charge in [0.2, 0.25) is 0 Å². The van der Waals surface area contributed by atoms with Gasteiger partial charge in [0.1, 0.15) is 5.60 Å². The molecule has 0 unspecified atom stereocenters. The first-order chi connectivity index (χ1) is 11.5. The van der Waals surface area contributed by atoms with Crippen molar-refractivity contribution in [3.8, 4) is 0 Å². The van der Waals surface area contributed by atoms with E-state index in [1.807, 2.05) is 0 Å².